The SMILES string of the molecule is CCCCc1nc(Cl)c(CO)n1Cc1ccc(NC(=O)[C@H](CC#N)NC(=O)O)cc1. The molecule has 0 bridgehead atoms. The maximum Gasteiger partial charge on any atom is 0.405 e. The van der Waals surface area contributed by atoms with Crippen molar-refractivity contribution in [3.05, 3.63) is 46.5 Å². The topological polar surface area (TPSA) is 140 Å². The third kappa shape index (κ3) is 6.20. The molecular formula is C20H24ClN5O4. The third-order valence-corrected chi connectivity index (χ3v) is 4.78. The van der Waals surface area contributed by atoms with Crippen LogP contribution in [0, 0.1) is 11.3 Å². The fourth-order valence-electron chi connectivity index (χ4n) is 2.92. The van der Waals surface area contributed by atoms with Crippen LogP contribution in [0.3, 0.4) is 0 Å². The number of amides is 2. The van der Waals surface area contributed by atoms with Crippen LogP contribution in [-0.2, 0) is 24.4 Å². The Morgan fingerprint density at radius 3 is 2.60 bits per heavy atom. The number of anilines is 1. The first-order valence-corrected chi connectivity index (χ1v) is 9.88. The number of aromatic nitrogens is 2. The van der Waals surface area contributed by atoms with E-state index in [0.29, 0.717) is 23.1 Å². The van der Waals surface area contributed by atoms with Gasteiger partial charge in [0.25, 0.3) is 0 Å². The van der Waals surface area contributed by atoms with E-state index in [9.17, 15) is 14.7 Å². The van der Waals surface area contributed by atoms with Crippen LogP contribution < -0.4 is 10.6 Å². The van der Waals surface area contributed by atoms with E-state index < -0.39 is 18.0 Å². The Balaban J connectivity index is 2.12. The number of aryl methyl sites for hydroxylation is 1. The zero-order chi connectivity index (χ0) is 22.1. The van der Waals surface area contributed by atoms with E-state index in [1.165, 1.54) is 0 Å². The molecule has 0 saturated heterocycles. The highest BCUT2D eigenvalue weighted by Crippen LogP contribution is 2.21. The largest absolute Gasteiger partial charge is 0.465 e. The van der Waals surface area contributed by atoms with Gasteiger partial charge in [0.15, 0.2) is 5.15 Å². The molecule has 1 atom stereocenters. The zero-order valence-corrected chi connectivity index (χ0v) is 17.3. The number of carboxylic acid groups (broad SMARTS) is 1. The summed E-state index contributed by atoms with van der Waals surface area (Å²) >= 11 is 6.16. The van der Waals surface area contributed by atoms with Gasteiger partial charge in [-0.2, -0.15) is 5.26 Å². The highest BCUT2D eigenvalue weighted by molar-refractivity contribution is 6.30. The van der Waals surface area contributed by atoms with Crippen LogP contribution in [0.1, 0.15) is 43.3 Å². The molecule has 0 aliphatic carbocycles. The Morgan fingerprint density at radius 1 is 1.33 bits per heavy atom. The molecule has 30 heavy (non-hydrogen) atoms. The number of carbonyl (C=O) groups is 2. The molecule has 0 aliphatic rings. The van der Waals surface area contributed by atoms with Crippen molar-refractivity contribution in [1.29, 1.82) is 5.26 Å². The summed E-state index contributed by atoms with van der Waals surface area (Å²) in [5, 5.41) is 32.1. The molecule has 0 fully saturated rings. The Hall–Kier alpha value is -3.09. The smallest absolute Gasteiger partial charge is 0.405 e. The number of aliphatic hydroxyl groups is 1. The molecule has 1 heterocycles. The molecule has 2 rings (SSSR count). The number of carbonyl (C=O) groups excluding carboxylic acids is 1. The number of benzene rings is 1. The molecule has 1 aromatic carbocycles. The van der Waals surface area contributed by atoms with Gasteiger partial charge in [0.2, 0.25) is 5.91 Å². The molecule has 160 valence electrons. The van der Waals surface area contributed by atoms with Gasteiger partial charge in [-0.3, -0.25) is 4.79 Å². The molecule has 0 radical (unpaired) electrons. The molecule has 9 nitrogen and oxygen atoms in total. The minimum absolute atomic E-state index is 0.219. The first kappa shape index (κ1) is 23.2. The number of rotatable bonds is 10. The molecule has 0 saturated carbocycles. The number of nitrogens with one attached hydrogen (secondary N) is 2. The van der Waals surface area contributed by atoms with E-state index in [2.05, 4.69) is 17.2 Å². The van der Waals surface area contributed by atoms with Crippen LogP contribution in [0.25, 0.3) is 0 Å². The number of hydrogen-bond acceptors (Lipinski definition) is 5. The van der Waals surface area contributed by atoms with E-state index in [1.54, 1.807) is 30.3 Å². The van der Waals surface area contributed by atoms with Crippen molar-refractivity contribution < 1.29 is 19.8 Å². The minimum atomic E-state index is -1.38. The van der Waals surface area contributed by atoms with Crippen molar-refractivity contribution in [2.24, 2.45) is 0 Å². The summed E-state index contributed by atoms with van der Waals surface area (Å²) in [5.41, 5.74) is 1.93. The Kier molecular flexibility index (Phi) is 8.65. The fourth-order valence-corrected chi connectivity index (χ4v) is 3.18. The maximum atomic E-state index is 12.2. The van der Waals surface area contributed by atoms with Crippen molar-refractivity contribution in [3.8, 4) is 6.07 Å². The monoisotopic (exact) mass is 433 g/mol. The predicted molar refractivity (Wildman–Crippen MR) is 111 cm³/mol. The molecule has 4 N–H and O–H groups in total. The first-order chi connectivity index (χ1) is 14.4. The lowest BCUT2D eigenvalue weighted by Gasteiger charge is -2.15. The zero-order valence-electron chi connectivity index (χ0n) is 16.6. The van der Waals surface area contributed by atoms with Crippen LogP contribution in [0.4, 0.5) is 10.5 Å². The van der Waals surface area contributed by atoms with E-state index >= 15 is 0 Å². The van der Waals surface area contributed by atoms with Crippen LogP contribution in [0.15, 0.2) is 24.3 Å². The third-order valence-electron chi connectivity index (χ3n) is 4.48. The number of nitriles is 1. The molecular weight excluding hydrogens is 410 g/mol. The Morgan fingerprint density at radius 2 is 2.03 bits per heavy atom. The normalized spacial score (nSPS) is 11.5. The Bertz CT molecular complexity index is 921. The summed E-state index contributed by atoms with van der Waals surface area (Å²) in [6, 6.07) is 7.59. The molecule has 1 aromatic heterocycles. The van der Waals surface area contributed by atoms with Crippen molar-refractivity contribution in [1.82, 2.24) is 14.9 Å². The van der Waals surface area contributed by atoms with Crippen LogP contribution in [0.2, 0.25) is 5.15 Å². The summed E-state index contributed by atoms with van der Waals surface area (Å²) in [6.45, 7) is 2.32. The van der Waals surface area contributed by atoms with Gasteiger partial charge in [0, 0.05) is 18.7 Å². The van der Waals surface area contributed by atoms with Gasteiger partial charge in [-0.15, -0.1) is 0 Å². The number of imidazole rings is 1. The van der Waals surface area contributed by atoms with Crippen LogP contribution in [0.5, 0.6) is 0 Å². The van der Waals surface area contributed by atoms with Gasteiger partial charge >= 0.3 is 6.09 Å². The molecule has 0 aliphatic heterocycles. The second kappa shape index (κ2) is 11.2. The van der Waals surface area contributed by atoms with Crippen molar-refractivity contribution >= 4 is 29.3 Å². The number of nitrogens with zero attached hydrogens (tertiary/aromatic N) is 3. The second-order valence-electron chi connectivity index (χ2n) is 6.66. The summed E-state index contributed by atoms with van der Waals surface area (Å²) in [5.74, 6) is 0.194. The predicted octanol–water partition coefficient (Wildman–Crippen LogP) is 2.91. The average Bonchev–Trinajstić information content (AvgIpc) is 3.01. The van der Waals surface area contributed by atoms with Gasteiger partial charge in [-0.05, 0) is 24.1 Å². The van der Waals surface area contributed by atoms with E-state index in [4.69, 9.17) is 22.0 Å². The molecule has 2 amide bonds. The van der Waals surface area contributed by atoms with Crippen molar-refractivity contribution in [2.45, 2.75) is 51.8 Å². The summed E-state index contributed by atoms with van der Waals surface area (Å²) < 4.78 is 1.89. The second-order valence-corrected chi connectivity index (χ2v) is 7.02. The average molecular weight is 434 g/mol. The lowest BCUT2D eigenvalue weighted by molar-refractivity contribution is -0.117. The molecule has 0 spiro atoms. The van der Waals surface area contributed by atoms with Gasteiger partial charge in [0.1, 0.15) is 11.9 Å². The van der Waals surface area contributed by atoms with Crippen LogP contribution >= 0.6 is 11.6 Å². The van der Waals surface area contributed by atoms with E-state index in [1.807, 2.05) is 9.88 Å². The minimum Gasteiger partial charge on any atom is -0.465 e. The number of unbranched alkanes of at least 4 members (excludes halogenated alkanes) is 1. The summed E-state index contributed by atoms with van der Waals surface area (Å²) in [4.78, 5) is 27.3. The fraction of sp³-hybridized carbons (Fsp3) is 0.400. The van der Waals surface area contributed by atoms with Crippen LogP contribution in [-0.4, -0.2) is 37.8 Å². The van der Waals surface area contributed by atoms with Gasteiger partial charge < -0.3 is 25.4 Å². The first-order valence-electron chi connectivity index (χ1n) is 9.50. The molecule has 0 unspecified atom stereocenters. The number of halogens is 1. The summed E-state index contributed by atoms with van der Waals surface area (Å²) in [6.07, 6.45) is 1.07. The lowest BCUT2D eigenvalue weighted by Crippen LogP contribution is -2.42. The maximum absolute atomic E-state index is 12.2. The number of aliphatic hydroxyl groups excluding tert-OH is 1. The quantitative estimate of drug-likeness (QED) is 0.454. The van der Waals surface area contributed by atoms with Crippen molar-refractivity contribution in [2.75, 3.05) is 5.32 Å². The molecule has 10 heteroatoms. The Labute approximate surface area is 179 Å². The highest BCUT2D eigenvalue weighted by atomic mass is 35.5. The van der Waals surface area contributed by atoms with Gasteiger partial charge in [0.05, 0.1) is 24.8 Å². The van der Waals surface area contributed by atoms with Gasteiger partial charge in [-0.1, -0.05) is 37.1 Å². The number of hydrogen-bond donors (Lipinski definition) is 4. The van der Waals surface area contributed by atoms with E-state index in [0.717, 1.165) is 30.7 Å². The van der Waals surface area contributed by atoms with E-state index in [-0.39, 0.29) is 13.0 Å². The standard InChI is InChI=1S/C20H24ClN5O4/c1-2-3-4-17-25-18(21)16(12-27)26(17)11-13-5-7-14(8-6-13)23-19(28)15(9-10-22)24-20(29)30/h5-8,15,24,27H,2-4,9,11-12H2,1H3,(H,23,28)(H,29,30)/t15-/m0/s1. The van der Waals surface area contributed by atoms with Gasteiger partial charge in [-0.25, -0.2) is 9.78 Å². The highest BCUT2D eigenvalue weighted by Gasteiger charge is 2.20. The lowest BCUT2D eigenvalue weighted by atomic mass is 10.1. The van der Waals surface area contributed by atoms with Crippen molar-refractivity contribution in [3.63, 3.8) is 0 Å². The molecule has 2 aromatic rings. The summed E-state index contributed by atoms with van der Waals surface area (Å²) in [7, 11) is 0.